The highest BCUT2D eigenvalue weighted by molar-refractivity contribution is 5.74. The van der Waals surface area contributed by atoms with Gasteiger partial charge in [-0.3, -0.25) is 0 Å². The number of carbonyl (C=O) groups excluding carboxylic acids is 1. The van der Waals surface area contributed by atoms with Gasteiger partial charge in [0, 0.05) is 6.54 Å². The molecule has 1 aliphatic rings. The third-order valence-electron chi connectivity index (χ3n) is 4.40. The lowest BCUT2D eigenvalue weighted by Crippen LogP contribution is -2.54. The molecule has 0 bridgehead atoms. The van der Waals surface area contributed by atoms with Crippen LogP contribution in [0.3, 0.4) is 0 Å². The molecule has 0 spiro atoms. The number of rotatable bonds is 2. The molecule has 2 N–H and O–H groups in total. The normalized spacial score (nSPS) is 17.4. The van der Waals surface area contributed by atoms with Gasteiger partial charge in [0.2, 0.25) is 0 Å². The lowest BCUT2D eigenvalue weighted by Gasteiger charge is -2.47. The molecule has 1 heterocycles. The van der Waals surface area contributed by atoms with Gasteiger partial charge in [-0.2, -0.15) is 0 Å². The summed E-state index contributed by atoms with van der Waals surface area (Å²) in [5.74, 6) is 0. The number of nitrogens with two attached hydrogens (primary N) is 1. The molecule has 21 heavy (non-hydrogen) atoms. The lowest BCUT2D eigenvalue weighted by atomic mass is 9.75. The minimum Gasteiger partial charge on any atom is -0.351 e. The van der Waals surface area contributed by atoms with Crippen molar-refractivity contribution in [1.29, 1.82) is 0 Å². The third kappa shape index (κ3) is 2.29. The first-order valence-electron chi connectivity index (χ1n) is 7.43. The van der Waals surface area contributed by atoms with Gasteiger partial charge in [0.15, 0.2) is 0 Å². The van der Waals surface area contributed by atoms with Gasteiger partial charge < -0.3 is 10.6 Å². The molecular weight excluding hydrogens is 260 g/mol. The fourth-order valence-corrected chi connectivity index (χ4v) is 3.47. The van der Waals surface area contributed by atoms with Crippen molar-refractivity contribution in [2.24, 2.45) is 5.73 Å². The first kappa shape index (κ1) is 13.7. The molecule has 2 aromatic rings. The summed E-state index contributed by atoms with van der Waals surface area (Å²) in [7, 11) is 0. The van der Waals surface area contributed by atoms with Crippen LogP contribution in [0.4, 0.5) is 4.79 Å². The van der Waals surface area contributed by atoms with Crippen molar-refractivity contribution in [2.45, 2.75) is 24.8 Å². The van der Waals surface area contributed by atoms with Crippen LogP contribution >= 0.6 is 0 Å². The number of benzene rings is 2. The first-order valence-corrected chi connectivity index (χ1v) is 7.43. The van der Waals surface area contributed by atoms with E-state index in [4.69, 9.17) is 5.73 Å². The van der Waals surface area contributed by atoms with Gasteiger partial charge in [0.25, 0.3) is 0 Å². The maximum atomic E-state index is 12.1. The lowest BCUT2D eigenvalue weighted by molar-refractivity contribution is 0.109. The molecule has 0 aromatic heterocycles. The van der Waals surface area contributed by atoms with Crippen molar-refractivity contribution >= 4 is 6.03 Å². The highest BCUT2D eigenvalue weighted by Gasteiger charge is 2.43. The molecule has 108 valence electrons. The number of piperidine rings is 1. The summed E-state index contributed by atoms with van der Waals surface area (Å²) >= 11 is 0. The fourth-order valence-electron chi connectivity index (χ4n) is 3.47. The predicted molar refractivity (Wildman–Crippen MR) is 83.8 cm³/mol. The summed E-state index contributed by atoms with van der Waals surface area (Å²) in [6, 6.07) is 20.1. The van der Waals surface area contributed by atoms with Gasteiger partial charge in [-0.05, 0) is 30.4 Å². The van der Waals surface area contributed by atoms with Crippen LogP contribution in [0.5, 0.6) is 0 Å². The molecular formula is C18H20N2O. The largest absolute Gasteiger partial charge is 0.351 e. The van der Waals surface area contributed by atoms with Crippen LogP contribution in [0, 0.1) is 0 Å². The van der Waals surface area contributed by atoms with Crippen molar-refractivity contribution in [3.63, 3.8) is 0 Å². The van der Waals surface area contributed by atoms with E-state index in [9.17, 15) is 4.79 Å². The Morgan fingerprint density at radius 1 is 0.905 bits per heavy atom. The van der Waals surface area contributed by atoms with Crippen molar-refractivity contribution in [2.75, 3.05) is 6.54 Å². The quantitative estimate of drug-likeness (QED) is 0.899. The summed E-state index contributed by atoms with van der Waals surface area (Å²) in [6.45, 7) is 0.707. The summed E-state index contributed by atoms with van der Waals surface area (Å²) in [5.41, 5.74) is 7.53. The van der Waals surface area contributed by atoms with E-state index in [1.165, 1.54) is 0 Å². The zero-order valence-corrected chi connectivity index (χ0v) is 12.0. The maximum absolute atomic E-state index is 12.1. The van der Waals surface area contributed by atoms with E-state index < -0.39 is 5.54 Å². The number of hydrogen-bond donors (Lipinski definition) is 1. The van der Waals surface area contributed by atoms with Crippen LogP contribution in [-0.2, 0) is 5.54 Å². The van der Waals surface area contributed by atoms with Crippen LogP contribution in [0.2, 0.25) is 0 Å². The molecule has 3 rings (SSSR count). The molecule has 1 saturated heterocycles. The van der Waals surface area contributed by atoms with E-state index in [1.807, 2.05) is 41.3 Å². The Hall–Kier alpha value is -2.29. The number of amides is 2. The van der Waals surface area contributed by atoms with E-state index in [0.717, 1.165) is 30.4 Å². The first-order chi connectivity index (χ1) is 10.2. The topological polar surface area (TPSA) is 46.3 Å². The Balaban J connectivity index is 2.21. The Labute approximate surface area is 125 Å². The third-order valence-corrected chi connectivity index (χ3v) is 4.40. The predicted octanol–water partition coefficient (Wildman–Crippen LogP) is 3.49. The van der Waals surface area contributed by atoms with E-state index >= 15 is 0 Å². The molecule has 3 nitrogen and oxygen atoms in total. The van der Waals surface area contributed by atoms with E-state index in [-0.39, 0.29) is 6.03 Å². The van der Waals surface area contributed by atoms with Crippen LogP contribution in [0.15, 0.2) is 60.7 Å². The summed E-state index contributed by atoms with van der Waals surface area (Å²) in [4.78, 5) is 13.9. The number of urea groups is 1. The molecule has 1 aliphatic heterocycles. The Morgan fingerprint density at radius 2 is 1.43 bits per heavy atom. The molecule has 3 heteroatoms. The zero-order valence-electron chi connectivity index (χ0n) is 12.0. The molecule has 2 amide bonds. The van der Waals surface area contributed by atoms with Crippen LogP contribution < -0.4 is 5.73 Å². The number of nitrogens with zero attached hydrogens (tertiary/aromatic N) is 1. The second-order valence-corrected chi connectivity index (χ2v) is 5.54. The second kappa shape index (κ2) is 5.60. The highest BCUT2D eigenvalue weighted by atomic mass is 16.2. The summed E-state index contributed by atoms with van der Waals surface area (Å²) < 4.78 is 0. The summed E-state index contributed by atoms with van der Waals surface area (Å²) in [5, 5.41) is 0. The number of primary amides is 1. The van der Waals surface area contributed by atoms with E-state index in [0.29, 0.717) is 6.54 Å². The maximum Gasteiger partial charge on any atom is 0.315 e. The van der Waals surface area contributed by atoms with Gasteiger partial charge in [-0.15, -0.1) is 0 Å². The second-order valence-electron chi connectivity index (χ2n) is 5.54. The zero-order chi connectivity index (χ0) is 14.7. The minimum absolute atomic E-state index is 0.345. The Morgan fingerprint density at radius 3 is 1.90 bits per heavy atom. The highest BCUT2D eigenvalue weighted by Crippen LogP contribution is 2.43. The smallest absolute Gasteiger partial charge is 0.315 e. The number of carbonyl (C=O) groups is 1. The molecule has 0 atom stereocenters. The molecule has 2 aromatic carbocycles. The van der Waals surface area contributed by atoms with E-state index in [1.54, 1.807) is 0 Å². The molecule has 0 aliphatic carbocycles. The standard InChI is InChI=1S/C18H20N2O/c19-17(21)20-14-8-7-13-18(20,15-9-3-1-4-10-15)16-11-5-2-6-12-16/h1-6,9-12H,7-8,13-14H2,(H2,19,21). The van der Waals surface area contributed by atoms with Crippen molar-refractivity contribution in [3.05, 3.63) is 71.8 Å². The van der Waals surface area contributed by atoms with Crippen LogP contribution in [0.1, 0.15) is 30.4 Å². The van der Waals surface area contributed by atoms with Crippen molar-refractivity contribution < 1.29 is 4.79 Å². The van der Waals surface area contributed by atoms with Crippen molar-refractivity contribution in [1.82, 2.24) is 4.90 Å². The van der Waals surface area contributed by atoms with Crippen LogP contribution in [-0.4, -0.2) is 17.5 Å². The van der Waals surface area contributed by atoms with Gasteiger partial charge in [0.05, 0.1) is 5.54 Å². The average Bonchev–Trinajstić information content (AvgIpc) is 2.56. The van der Waals surface area contributed by atoms with Gasteiger partial charge >= 0.3 is 6.03 Å². The van der Waals surface area contributed by atoms with Gasteiger partial charge in [-0.1, -0.05) is 60.7 Å². The van der Waals surface area contributed by atoms with Gasteiger partial charge in [0.1, 0.15) is 0 Å². The Bertz CT molecular complexity index is 570. The minimum atomic E-state index is -0.438. The SMILES string of the molecule is NC(=O)N1CCCCC1(c1ccccc1)c1ccccc1. The molecule has 0 unspecified atom stereocenters. The monoisotopic (exact) mass is 280 g/mol. The molecule has 1 fully saturated rings. The molecule has 0 radical (unpaired) electrons. The Kier molecular flexibility index (Phi) is 3.65. The number of hydrogen-bond acceptors (Lipinski definition) is 1. The van der Waals surface area contributed by atoms with Gasteiger partial charge in [-0.25, -0.2) is 4.79 Å². The van der Waals surface area contributed by atoms with Crippen LogP contribution in [0.25, 0.3) is 0 Å². The van der Waals surface area contributed by atoms with Crippen molar-refractivity contribution in [3.8, 4) is 0 Å². The fraction of sp³-hybridized carbons (Fsp3) is 0.278. The average molecular weight is 280 g/mol. The molecule has 0 saturated carbocycles. The summed E-state index contributed by atoms with van der Waals surface area (Å²) in [6.07, 6.45) is 3.00. The van der Waals surface area contributed by atoms with E-state index in [2.05, 4.69) is 24.3 Å². The number of likely N-dealkylation sites (tertiary alicyclic amines) is 1.